The summed E-state index contributed by atoms with van der Waals surface area (Å²) in [6.07, 6.45) is 3.50. The van der Waals surface area contributed by atoms with Gasteiger partial charge in [0.15, 0.2) is 5.03 Å². The summed E-state index contributed by atoms with van der Waals surface area (Å²) in [4.78, 5) is 16.8. The number of hydrogen-bond acceptors (Lipinski definition) is 4. The molecule has 0 radical (unpaired) electrons. The van der Waals surface area contributed by atoms with Crippen molar-refractivity contribution in [3.63, 3.8) is 0 Å². The first-order chi connectivity index (χ1) is 11.1. The molecule has 0 aliphatic carbocycles. The summed E-state index contributed by atoms with van der Waals surface area (Å²) in [5.41, 5.74) is 0.405. The van der Waals surface area contributed by atoms with E-state index >= 15 is 0 Å². The number of aryl methyl sites for hydroxylation is 1. The SMILES string of the molecule is CC1(C)CC(CCCCc2cccc(S(N)(=O)=O)n2)CN1C(=O)O. The molecule has 0 bridgehead atoms. The van der Waals surface area contributed by atoms with Crippen molar-refractivity contribution in [1.29, 1.82) is 0 Å². The zero-order valence-corrected chi connectivity index (χ0v) is 14.9. The Morgan fingerprint density at radius 3 is 2.71 bits per heavy atom. The van der Waals surface area contributed by atoms with Gasteiger partial charge in [-0.15, -0.1) is 0 Å². The Morgan fingerprint density at radius 2 is 2.12 bits per heavy atom. The van der Waals surface area contributed by atoms with Crippen molar-refractivity contribution in [2.24, 2.45) is 11.1 Å². The summed E-state index contributed by atoms with van der Waals surface area (Å²) in [7, 11) is -3.77. The fourth-order valence-electron chi connectivity index (χ4n) is 3.41. The minimum Gasteiger partial charge on any atom is -0.465 e. The lowest BCUT2D eigenvalue weighted by Crippen LogP contribution is -2.41. The molecular weight excluding hydrogens is 330 g/mol. The lowest BCUT2D eigenvalue weighted by atomic mass is 9.92. The number of nitrogens with zero attached hydrogens (tertiary/aromatic N) is 2. The quantitative estimate of drug-likeness (QED) is 0.760. The number of sulfonamides is 1. The molecule has 134 valence electrons. The van der Waals surface area contributed by atoms with Crippen molar-refractivity contribution in [1.82, 2.24) is 9.88 Å². The molecule has 1 aromatic heterocycles. The molecule has 2 heterocycles. The lowest BCUT2D eigenvalue weighted by molar-refractivity contribution is 0.117. The third-order valence-electron chi connectivity index (χ3n) is 4.56. The molecular formula is C16H25N3O4S. The number of primary sulfonamides is 1. The van der Waals surface area contributed by atoms with Crippen LogP contribution >= 0.6 is 0 Å². The van der Waals surface area contributed by atoms with Gasteiger partial charge in [-0.1, -0.05) is 12.5 Å². The summed E-state index contributed by atoms with van der Waals surface area (Å²) in [6.45, 7) is 4.51. The maximum absolute atomic E-state index is 11.3. The first kappa shape index (κ1) is 18.7. The third kappa shape index (κ3) is 4.67. The molecule has 1 aliphatic heterocycles. The second-order valence-electron chi connectivity index (χ2n) is 7.03. The Kier molecular flexibility index (Phi) is 5.49. The number of carboxylic acid groups (broad SMARTS) is 1. The van der Waals surface area contributed by atoms with E-state index in [0.29, 0.717) is 24.6 Å². The van der Waals surface area contributed by atoms with Gasteiger partial charge in [-0.05, 0) is 57.6 Å². The van der Waals surface area contributed by atoms with Crippen LogP contribution in [0.15, 0.2) is 23.2 Å². The molecule has 1 saturated heterocycles. The monoisotopic (exact) mass is 355 g/mol. The fraction of sp³-hybridized carbons (Fsp3) is 0.625. The molecule has 7 nitrogen and oxygen atoms in total. The van der Waals surface area contributed by atoms with E-state index in [9.17, 15) is 18.3 Å². The average Bonchev–Trinajstić information content (AvgIpc) is 2.78. The third-order valence-corrected chi connectivity index (χ3v) is 5.37. The summed E-state index contributed by atoms with van der Waals surface area (Å²) >= 11 is 0. The Hall–Kier alpha value is -1.67. The molecule has 0 saturated carbocycles. The van der Waals surface area contributed by atoms with Crippen LogP contribution in [0.5, 0.6) is 0 Å². The normalized spacial score (nSPS) is 20.3. The molecule has 0 spiro atoms. The average molecular weight is 355 g/mol. The van der Waals surface area contributed by atoms with Crippen LogP contribution in [0.3, 0.4) is 0 Å². The largest absolute Gasteiger partial charge is 0.465 e. The molecule has 1 aliphatic rings. The lowest BCUT2D eigenvalue weighted by Gasteiger charge is -2.28. The standard InChI is InChI=1S/C16H25N3O4S/c1-16(2)10-12(11-19(16)15(20)21)6-3-4-7-13-8-5-9-14(18-13)24(17,22)23/h5,8-9,12H,3-4,6-7,10-11H2,1-2H3,(H,20,21)(H2,17,22,23). The zero-order valence-electron chi connectivity index (χ0n) is 14.1. The van der Waals surface area contributed by atoms with Crippen LogP contribution in [0.4, 0.5) is 4.79 Å². The number of carbonyl (C=O) groups is 1. The van der Waals surface area contributed by atoms with E-state index in [0.717, 1.165) is 25.7 Å². The van der Waals surface area contributed by atoms with Crippen molar-refractivity contribution in [2.45, 2.75) is 56.5 Å². The van der Waals surface area contributed by atoms with Gasteiger partial charge in [0.05, 0.1) is 0 Å². The molecule has 1 fully saturated rings. The summed E-state index contributed by atoms with van der Waals surface area (Å²) in [6, 6.07) is 4.83. The maximum Gasteiger partial charge on any atom is 0.407 e. The van der Waals surface area contributed by atoms with Gasteiger partial charge >= 0.3 is 6.09 Å². The second kappa shape index (κ2) is 7.06. The zero-order chi connectivity index (χ0) is 18.0. The first-order valence-electron chi connectivity index (χ1n) is 8.09. The highest BCUT2D eigenvalue weighted by Gasteiger charge is 2.40. The Bertz CT molecular complexity index is 703. The van der Waals surface area contributed by atoms with E-state index in [1.165, 1.54) is 11.0 Å². The molecule has 8 heteroatoms. The van der Waals surface area contributed by atoms with Crippen LogP contribution in [-0.4, -0.2) is 41.6 Å². The van der Waals surface area contributed by atoms with Crippen LogP contribution in [0.25, 0.3) is 0 Å². The highest BCUT2D eigenvalue weighted by molar-refractivity contribution is 7.89. The van der Waals surface area contributed by atoms with E-state index in [1.54, 1.807) is 12.1 Å². The van der Waals surface area contributed by atoms with E-state index < -0.39 is 16.1 Å². The molecule has 2 rings (SSSR count). The second-order valence-corrected chi connectivity index (χ2v) is 8.54. The summed E-state index contributed by atoms with van der Waals surface area (Å²) in [5.74, 6) is 0.375. The van der Waals surface area contributed by atoms with E-state index in [1.807, 2.05) is 13.8 Å². The van der Waals surface area contributed by atoms with Gasteiger partial charge < -0.3 is 10.0 Å². The number of aromatic nitrogens is 1. The summed E-state index contributed by atoms with van der Waals surface area (Å²) < 4.78 is 22.6. The smallest absolute Gasteiger partial charge is 0.407 e. The molecule has 1 atom stereocenters. The van der Waals surface area contributed by atoms with Crippen molar-refractivity contribution < 1.29 is 18.3 Å². The number of likely N-dealkylation sites (tertiary alicyclic amines) is 1. The number of nitrogens with two attached hydrogens (primary N) is 1. The van der Waals surface area contributed by atoms with Gasteiger partial charge in [0, 0.05) is 17.8 Å². The number of unbranched alkanes of at least 4 members (excludes halogenated alkanes) is 1. The Labute approximate surface area is 142 Å². The maximum atomic E-state index is 11.3. The predicted octanol–water partition coefficient (Wildman–Crippen LogP) is 2.22. The molecule has 0 aromatic carbocycles. The van der Waals surface area contributed by atoms with Crippen molar-refractivity contribution in [3.05, 3.63) is 23.9 Å². The molecule has 1 amide bonds. The summed E-state index contributed by atoms with van der Waals surface area (Å²) in [5, 5.41) is 14.2. The molecule has 24 heavy (non-hydrogen) atoms. The molecule has 1 unspecified atom stereocenters. The number of rotatable bonds is 6. The van der Waals surface area contributed by atoms with Gasteiger partial charge in [-0.2, -0.15) is 0 Å². The van der Waals surface area contributed by atoms with E-state index in [2.05, 4.69) is 4.98 Å². The van der Waals surface area contributed by atoms with Gasteiger partial charge in [0.2, 0.25) is 0 Å². The fourth-order valence-corrected chi connectivity index (χ4v) is 3.92. The first-order valence-corrected chi connectivity index (χ1v) is 9.63. The highest BCUT2D eigenvalue weighted by atomic mass is 32.2. The van der Waals surface area contributed by atoms with Crippen LogP contribution in [0, 0.1) is 5.92 Å². The topological polar surface area (TPSA) is 114 Å². The van der Waals surface area contributed by atoms with Gasteiger partial charge in [-0.25, -0.2) is 23.3 Å². The van der Waals surface area contributed by atoms with Crippen LogP contribution in [0.2, 0.25) is 0 Å². The van der Waals surface area contributed by atoms with Crippen LogP contribution in [-0.2, 0) is 16.4 Å². The van der Waals surface area contributed by atoms with Crippen molar-refractivity contribution in [3.8, 4) is 0 Å². The number of amides is 1. The van der Waals surface area contributed by atoms with E-state index in [4.69, 9.17) is 5.14 Å². The predicted molar refractivity (Wildman–Crippen MR) is 90.1 cm³/mol. The highest BCUT2D eigenvalue weighted by Crippen LogP contribution is 2.35. The van der Waals surface area contributed by atoms with Crippen molar-refractivity contribution >= 4 is 16.1 Å². The Morgan fingerprint density at radius 1 is 1.42 bits per heavy atom. The van der Waals surface area contributed by atoms with Crippen LogP contribution < -0.4 is 5.14 Å². The minimum absolute atomic E-state index is 0.102. The number of pyridine rings is 1. The van der Waals surface area contributed by atoms with Gasteiger partial charge in [0.1, 0.15) is 0 Å². The Balaban J connectivity index is 1.81. The van der Waals surface area contributed by atoms with Gasteiger partial charge in [-0.3, -0.25) is 0 Å². The minimum atomic E-state index is -3.77. The van der Waals surface area contributed by atoms with Crippen molar-refractivity contribution in [2.75, 3.05) is 6.54 Å². The van der Waals surface area contributed by atoms with Crippen LogP contribution in [0.1, 0.15) is 45.2 Å². The number of hydrogen-bond donors (Lipinski definition) is 2. The van der Waals surface area contributed by atoms with Gasteiger partial charge in [0.25, 0.3) is 10.0 Å². The van der Waals surface area contributed by atoms with E-state index in [-0.39, 0.29) is 10.6 Å². The molecule has 3 N–H and O–H groups in total. The molecule has 1 aromatic rings.